The molecule has 0 aromatic carbocycles. The molecule has 0 amide bonds. The maximum atomic E-state index is 12.2. The van der Waals surface area contributed by atoms with Gasteiger partial charge in [0.05, 0.1) is 0 Å². The fourth-order valence-electron chi connectivity index (χ4n) is 0.829. The number of halogens is 4. The van der Waals surface area contributed by atoms with E-state index in [2.05, 4.69) is 4.98 Å². The minimum atomic E-state index is -4.65. The fraction of sp³-hybridized carbons (Fsp3) is 0.143. The highest BCUT2D eigenvalue weighted by atomic mass is 35.5. The first-order valence-electron chi connectivity index (χ1n) is 3.13. The summed E-state index contributed by atoms with van der Waals surface area (Å²) >= 11 is 5.20. The van der Waals surface area contributed by atoms with Gasteiger partial charge in [-0.3, -0.25) is 4.79 Å². The summed E-state index contributed by atoms with van der Waals surface area (Å²) in [4.78, 5) is 13.5. The van der Waals surface area contributed by atoms with E-state index in [0.717, 1.165) is 12.3 Å². The Morgan fingerprint density at radius 3 is 2.46 bits per heavy atom. The second-order valence-corrected chi connectivity index (χ2v) is 2.54. The summed E-state index contributed by atoms with van der Waals surface area (Å²) in [5.74, 6) is 0. The van der Waals surface area contributed by atoms with Crippen molar-refractivity contribution in [2.45, 2.75) is 6.18 Å². The van der Waals surface area contributed by atoms with E-state index in [0.29, 0.717) is 0 Å². The van der Waals surface area contributed by atoms with Crippen LogP contribution in [0.5, 0.6) is 0 Å². The number of aromatic nitrogens is 1. The van der Waals surface area contributed by atoms with Gasteiger partial charge in [0.1, 0.15) is 10.7 Å². The first-order valence-corrected chi connectivity index (χ1v) is 3.51. The van der Waals surface area contributed by atoms with Crippen LogP contribution < -0.4 is 0 Å². The van der Waals surface area contributed by atoms with Gasteiger partial charge in [-0.05, 0) is 6.07 Å². The lowest BCUT2D eigenvalue weighted by atomic mass is 10.1. The van der Waals surface area contributed by atoms with Crippen LogP contribution in [0.1, 0.15) is 15.9 Å². The van der Waals surface area contributed by atoms with Crippen LogP contribution in [0.3, 0.4) is 0 Å². The van der Waals surface area contributed by atoms with Gasteiger partial charge in [0.15, 0.2) is 6.29 Å². The van der Waals surface area contributed by atoms with Gasteiger partial charge in [-0.1, -0.05) is 11.6 Å². The molecule has 0 radical (unpaired) electrons. The topological polar surface area (TPSA) is 30.0 Å². The molecule has 1 aromatic heterocycles. The van der Waals surface area contributed by atoms with Gasteiger partial charge in [-0.25, -0.2) is 4.98 Å². The van der Waals surface area contributed by atoms with E-state index < -0.39 is 22.5 Å². The minimum Gasteiger partial charge on any atom is -0.298 e. The van der Waals surface area contributed by atoms with Gasteiger partial charge in [0, 0.05) is 11.8 Å². The largest absolute Gasteiger partial charge is 0.420 e. The second-order valence-electron chi connectivity index (χ2n) is 2.18. The van der Waals surface area contributed by atoms with Crippen LogP contribution in [-0.4, -0.2) is 11.3 Å². The Labute approximate surface area is 76.3 Å². The predicted octanol–water partition coefficient (Wildman–Crippen LogP) is 2.57. The number of alkyl halides is 3. The molecule has 0 fully saturated rings. The minimum absolute atomic E-state index is 0.0936. The Morgan fingerprint density at radius 1 is 1.46 bits per heavy atom. The zero-order valence-corrected chi connectivity index (χ0v) is 6.86. The molecule has 1 aromatic rings. The van der Waals surface area contributed by atoms with Gasteiger partial charge in [0.2, 0.25) is 0 Å². The number of rotatable bonds is 1. The third kappa shape index (κ3) is 1.98. The quantitative estimate of drug-likeness (QED) is 0.526. The van der Waals surface area contributed by atoms with Crippen molar-refractivity contribution in [1.29, 1.82) is 0 Å². The standard InChI is InChI=1S/C7H3ClF3NO/c8-6-5(7(9,10)11)4(3-13)1-2-12-6/h1-3H. The molecule has 1 heterocycles. The lowest BCUT2D eigenvalue weighted by Gasteiger charge is -2.09. The Balaban J connectivity index is 3.40. The number of carbonyl (C=O) groups is 1. The van der Waals surface area contributed by atoms with Crippen molar-refractivity contribution in [3.05, 3.63) is 28.5 Å². The third-order valence-electron chi connectivity index (χ3n) is 1.35. The van der Waals surface area contributed by atoms with Crippen LogP contribution in [0.2, 0.25) is 5.15 Å². The highest BCUT2D eigenvalue weighted by Gasteiger charge is 2.36. The Hall–Kier alpha value is -1.10. The van der Waals surface area contributed by atoms with E-state index in [4.69, 9.17) is 11.6 Å². The van der Waals surface area contributed by atoms with Crippen LogP contribution in [0.4, 0.5) is 13.2 Å². The van der Waals surface area contributed by atoms with Crippen LogP contribution in [-0.2, 0) is 6.18 Å². The maximum Gasteiger partial charge on any atom is 0.420 e. The monoisotopic (exact) mass is 209 g/mol. The third-order valence-corrected chi connectivity index (χ3v) is 1.63. The molecule has 0 aliphatic rings. The van der Waals surface area contributed by atoms with Crippen LogP contribution in [0.15, 0.2) is 12.3 Å². The average Bonchev–Trinajstić information content (AvgIpc) is 2.01. The molecular formula is C7H3ClF3NO. The van der Waals surface area contributed by atoms with E-state index in [1.165, 1.54) is 0 Å². The Bertz CT molecular complexity index is 337. The summed E-state index contributed by atoms with van der Waals surface area (Å²) in [7, 11) is 0. The molecule has 0 spiro atoms. The number of nitrogens with zero attached hydrogens (tertiary/aromatic N) is 1. The molecule has 0 aliphatic heterocycles. The average molecular weight is 210 g/mol. The van der Waals surface area contributed by atoms with Crippen LogP contribution in [0, 0.1) is 0 Å². The molecule has 0 atom stereocenters. The predicted molar refractivity (Wildman–Crippen MR) is 39.6 cm³/mol. The number of hydrogen-bond acceptors (Lipinski definition) is 2. The van der Waals surface area contributed by atoms with Crippen molar-refractivity contribution in [2.24, 2.45) is 0 Å². The maximum absolute atomic E-state index is 12.2. The molecule has 0 unspecified atom stereocenters. The SMILES string of the molecule is O=Cc1ccnc(Cl)c1C(F)(F)F. The van der Waals surface area contributed by atoms with Crippen LogP contribution in [0.25, 0.3) is 0 Å². The highest BCUT2D eigenvalue weighted by molar-refractivity contribution is 6.30. The fourth-order valence-corrected chi connectivity index (χ4v) is 1.10. The summed E-state index contributed by atoms with van der Waals surface area (Å²) in [6.07, 6.45) is -3.51. The molecule has 1 rings (SSSR count). The summed E-state index contributed by atoms with van der Waals surface area (Å²) < 4.78 is 36.6. The molecule has 13 heavy (non-hydrogen) atoms. The van der Waals surface area contributed by atoms with Gasteiger partial charge in [-0.2, -0.15) is 13.2 Å². The molecule has 6 heteroatoms. The molecule has 0 N–H and O–H groups in total. The molecule has 0 saturated heterocycles. The van der Waals surface area contributed by atoms with E-state index >= 15 is 0 Å². The van der Waals surface area contributed by atoms with Gasteiger partial charge in [-0.15, -0.1) is 0 Å². The van der Waals surface area contributed by atoms with Gasteiger partial charge in [0.25, 0.3) is 0 Å². The summed E-state index contributed by atoms with van der Waals surface area (Å²) in [5.41, 5.74) is -1.70. The second kappa shape index (κ2) is 3.33. The van der Waals surface area contributed by atoms with Crippen molar-refractivity contribution in [3.8, 4) is 0 Å². The molecule has 0 saturated carbocycles. The normalized spacial score (nSPS) is 11.4. The molecule has 0 bridgehead atoms. The highest BCUT2D eigenvalue weighted by Crippen LogP contribution is 2.35. The van der Waals surface area contributed by atoms with Crippen molar-refractivity contribution in [1.82, 2.24) is 4.98 Å². The zero-order valence-electron chi connectivity index (χ0n) is 6.10. The Morgan fingerprint density at radius 2 is 2.08 bits per heavy atom. The summed E-state index contributed by atoms with van der Waals surface area (Å²) in [5, 5.41) is -0.711. The Kier molecular flexibility index (Phi) is 2.56. The van der Waals surface area contributed by atoms with Gasteiger partial charge >= 0.3 is 6.18 Å². The van der Waals surface area contributed by atoms with E-state index in [9.17, 15) is 18.0 Å². The van der Waals surface area contributed by atoms with Gasteiger partial charge < -0.3 is 0 Å². The lowest BCUT2D eigenvalue weighted by Crippen LogP contribution is -2.10. The molecular weight excluding hydrogens is 207 g/mol. The lowest BCUT2D eigenvalue weighted by molar-refractivity contribution is -0.137. The first-order chi connectivity index (χ1) is 5.96. The number of carbonyl (C=O) groups excluding carboxylic acids is 1. The van der Waals surface area contributed by atoms with Crippen molar-refractivity contribution in [3.63, 3.8) is 0 Å². The molecule has 2 nitrogen and oxygen atoms in total. The summed E-state index contributed by atoms with van der Waals surface area (Å²) in [6, 6.07) is 0.960. The number of hydrogen-bond donors (Lipinski definition) is 0. The molecule has 0 aliphatic carbocycles. The van der Waals surface area contributed by atoms with Crippen molar-refractivity contribution < 1.29 is 18.0 Å². The van der Waals surface area contributed by atoms with Crippen LogP contribution >= 0.6 is 11.6 Å². The zero-order chi connectivity index (χ0) is 10.1. The first kappa shape index (κ1) is 9.98. The number of pyridine rings is 1. The van der Waals surface area contributed by atoms with E-state index in [1.54, 1.807) is 0 Å². The van der Waals surface area contributed by atoms with E-state index in [-0.39, 0.29) is 6.29 Å². The van der Waals surface area contributed by atoms with Crippen molar-refractivity contribution in [2.75, 3.05) is 0 Å². The number of aldehydes is 1. The summed E-state index contributed by atoms with van der Waals surface area (Å²) in [6.45, 7) is 0. The smallest absolute Gasteiger partial charge is 0.298 e. The van der Waals surface area contributed by atoms with Crippen molar-refractivity contribution >= 4 is 17.9 Å². The van der Waals surface area contributed by atoms with E-state index in [1.807, 2.05) is 0 Å². The molecule has 70 valence electrons.